The zero-order valence-electron chi connectivity index (χ0n) is 15.2. The topological polar surface area (TPSA) is 118 Å². The molecular formula is C19H21N3O5S. The van der Waals surface area contributed by atoms with Gasteiger partial charge in [0.05, 0.1) is 5.56 Å². The van der Waals surface area contributed by atoms with Crippen LogP contribution in [0.5, 0.6) is 0 Å². The van der Waals surface area contributed by atoms with E-state index < -0.39 is 18.5 Å². The quantitative estimate of drug-likeness (QED) is 0.620. The third kappa shape index (κ3) is 5.14. The van der Waals surface area contributed by atoms with Gasteiger partial charge in [0.2, 0.25) is 0 Å². The summed E-state index contributed by atoms with van der Waals surface area (Å²) >= 11 is 1.40. The van der Waals surface area contributed by atoms with Crippen LogP contribution in [0.15, 0.2) is 24.5 Å². The Morgan fingerprint density at radius 3 is 2.79 bits per heavy atom. The Hall–Kier alpha value is -2.78. The normalized spacial score (nSPS) is 12.9. The summed E-state index contributed by atoms with van der Waals surface area (Å²) in [5.74, 6) is -1.87. The first-order valence-corrected chi connectivity index (χ1v) is 9.77. The van der Waals surface area contributed by atoms with E-state index >= 15 is 0 Å². The van der Waals surface area contributed by atoms with Gasteiger partial charge in [-0.1, -0.05) is 6.07 Å². The number of aliphatic carboxylic acids is 1. The number of amides is 2. The van der Waals surface area contributed by atoms with Crippen LogP contribution in [0, 0.1) is 0 Å². The van der Waals surface area contributed by atoms with Crippen LogP contribution in [-0.4, -0.2) is 41.1 Å². The van der Waals surface area contributed by atoms with Crippen molar-refractivity contribution < 1.29 is 24.2 Å². The molecule has 2 heterocycles. The third-order valence-corrected chi connectivity index (χ3v) is 5.49. The fourth-order valence-corrected chi connectivity index (χ4v) is 4.36. The number of aryl methyl sites for hydroxylation is 1. The highest BCUT2D eigenvalue weighted by molar-refractivity contribution is 7.17. The van der Waals surface area contributed by atoms with Crippen molar-refractivity contribution in [1.29, 1.82) is 0 Å². The van der Waals surface area contributed by atoms with Gasteiger partial charge >= 0.3 is 5.97 Å². The smallest absolute Gasteiger partial charge is 0.329 e. The highest BCUT2D eigenvalue weighted by Crippen LogP contribution is 2.38. The van der Waals surface area contributed by atoms with E-state index in [-0.39, 0.29) is 12.5 Å². The zero-order chi connectivity index (χ0) is 19.9. The van der Waals surface area contributed by atoms with Gasteiger partial charge < -0.3 is 20.5 Å². The number of hydrogen-bond donors (Lipinski definition) is 3. The summed E-state index contributed by atoms with van der Waals surface area (Å²) in [4.78, 5) is 40.6. The van der Waals surface area contributed by atoms with Crippen LogP contribution in [0.25, 0.3) is 0 Å². The molecule has 0 saturated carbocycles. The first kappa shape index (κ1) is 20.0. The predicted molar refractivity (Wildman–Crippen MR) is 103 cm³/mol. The number of anilines is 1. The lowest BCUT2D eigenvalue weighted by Crippen LogP contribution is -2.26. The van der Waals surface area contributed by atoms with Crippen LogP contribution < -0.4 is 10.6 Å². The van der Waals surface area contributed by atoms with Crippen LogP contribution in [0.4, 0.5) is 5.00 Å². The van der Waals surface area contributed by atoms with E-state index in [0.29, 0.717) is 17.1 Å². The summed E-state index contributed by atoms with van der Waals surface area (Å²) in [5, 5.41) is 14.7. The number of rotatable bonds is 8. The molecule has 0 atom stereocenters. The number of fused-ring (bicyclic) bond motifs is 1. The minimum absolute atomic E-state index is 0.245. The van der Waals surface area contributed by atoms with Gasteiger partial charge in [-0.15, -0.1) is 11.3 Å². The highest BCUT2D eigenvalue weighted by atomic mass is 32.1. The number of thiophene rings is 1. The summed E-state index contributed by atoms with van der Waals surface area (Å²) in [5.41, 5.74) is 2.37. The maximum atomic E-state index is 12.9. The second-order valence-electron chi connectivity index (χ2n) is 6.39. The van der Waals surface area contributed by atoms with E-state index in [9.17, 15) is 14.4 Å². The Bertz CT molecular complexity index is 866. The zero-order valence-corrected chi connectivity index (χ0v) is 16.0. The molecule has 0 fully saturated rings. The van der Waals surface area contributed by atoms with Gasteiger partial charge in [0.15, 0.2) is 0 Å². The average molecular weight is 403 g/mol. The minimum Gasteiger partial charge on any atom is -0.480 e. The molecule has 0 aliphatic heterocycles. The van der Waals surface area contributed by atoms with E-state index in [4.69, 9.17) is 9.84 Å². The van der Waals surface area contributed by atoms with Crippen LogP contribution in [0.1, 0.15) is 39.2 Å². The van der Waals surface area contributed by atoms with Crippen molar-refractivity contribution in [3.8, 4) is 0 Å². The van der Waals surface area contributed by atoms with Gasteiger partial charge in [-0.3, -0.25) is 14.6 Å². The van der Waals surface area contributed by atoms with Crippen LogP contribution in [-0.2, 0) is 33.7 Å². The van der Waals surface area contributed by atoms with Gasteiger partial charge in [-0.25, -0.2) is 4.79 Å². The Morgan fingerprint density at radius 2 is 2.04 bits per heavy atom. The molecule has 9 heteroatoms. The molecule has 0 saturated heterocycles. The van der Waals surface area contributed by atoms with E-state index in [2.05, 4.69) is 15.6 Å². The predicted octanol–water partition coefficient (Wildman–Crippen LogP) is 1.99. The van der Waals surface area contributed by atoms with Crippen molar-refractivity contribution in [2.45, 2.75) is 32.2 Å². The number of ether oxygens (including phenoxy) is 1. The molecule has 0 unspecified atom stereocenters. The first-order valence-electron chi connectivity index (χ1n) is 8.95. The molecule has 2 aromatic heterocycles. The van der Waals surface area contributed by atoms with Crippen LogP contribution >= 0.6 is 11.3 Å². The second kappa shape index (κ2) is 9.43. The number of carbonyl (C=O) groups is 3. The van der Waals surface area contributed by atoms with Crippen LogP contribution in [0.2, 0.25) is 0 Å². The number of nitrogens with one attached hydrogen (secondary N) is 2. The molecule has 0 aromatic carbocycles. The SMILES string of the molecule is O=C(O)COCC(=O)Nc1sc2c(c1C(=O)NCc1cccnc1)CCCC2. The molecule has 0 bridgehead atoms. The summed E-state index contributed by atoms with van der Waals surface area (Å²) in [6.45, 7) is -0.592. The van der Waals surface area contributed by atoms with Gasteiger partial charge in [0.25, 0.3) is 11.8 Å². The molecule has 0 radical (unpaired) electrons. The Labute approximate surface area is 165 Å². The molecule has 1 aliphatic rings. The number of nitrogens with zero attached hydrogens (tertiary/aromatic N) is 1. The number of hydrogen-bond acceptors (Lipinski definition) is 6. The largest absolute Gasteiger partial charge is 0.480 e. The van der Waals surface area contributed by atoms with Crippen LogP contribution in [0.3, 0.4) is 0 Å². The molecule has 3 N–H and O–H groups in total. The number of aromatic nitrogens is 1. The monoisotopic (exact) mass is 403 g/mol. The number of carboxylic acid groups (broad SMARTS) is 1. The summed E-state index contributed by atoms with van der Waals surface area (Å²) in [6.07, 6.45) is 7.09. The number of carboxylic acids is 1. The Kier molecular flexibility index (Phi) is 6.72. The summed E-state index contributed by atoms with van der Waals surface area (Å²) in [7, 11) is 0. The van der Waals surface area contributed by atoms with E-state index in [1.807, 2.05) is 6.07 Å². The maximum Gasteiger partial charge on any atom is 0.329 e. The van der Waals surface area contributed by atoms with E-state index in [1.165, 1.54) is 11.3 Å². The van der Waals surface area contributed by atoms with E-state index in [1.54, 1.807) is 18.5 Å². The van der Waals surface area contributed by atoms with Crippen molar-refractivity contribution >= 4 is 34.1 Å². The van der Waals surface area contributed by atoms with Crippen molar-refractivity contribution in [2.75, 3.05) is 18.5 Å². The number of pyridine rings is 1. The molecule has 148 valence electrons. The van der Waals surface area contributed by atoms with Crippen molar-refractivity contribution in [1.82, 2.24) is 10.3 Å². The lowest BCUT2D eigenvalue weighted by Gasteiger charge is -2.13. The average Bonchev–Trinajstić information content (AvgIpc) is 3.04. The minimum atomic E-state index is -1.14. The highest BCUT2D eigenvalue weighted by Gasteiger charge is 2.26. The van der Waals surface area contributed by atoms with Gasteiger partial charge in [0, 0.05) is 23.8 Å². The van der Waals surface area contributed by atoms with Crippen molar-refractivity contribution in [3.05, 3.63) is 46.1 Å². The van der Waals surface area contributed by atoms with Gasteiger partial charge in [0.1, 0.15) is 18.2 Å². The molecule has 1 aliphatic carbocycles. The lowest BCUT2D eigenvalue weighted by molar-refractivity contribution is -0.143. The van der Waals surface area contributed by atoms with Gasteiger partial charge in [-0.05, 0) is 42.9 Å². The maximum absolute atomic E-state index is 12.9. The van der Waals surface area contributed by atoms with E-state index in [0.717, 1.165) is 41.7 Å². The Balaban J connectivity index is 1.72. The third-order valence-electron chi connectivity index (χ3n) is 4.29. The van der Waals surface area contributed by atoms with Crippen molar-refractivity contribution in [2.24, 2.45) is 0 Å². The number of carbonyl (C=O) groups excluding carboxylic acids is 2. The first-order chi connectivity index (χ1) is 13.5. The summed E-state index contributed by atoms with van der Waals surface area (Å²) in [6, 6.07) is 3.68. The Morgan fingerprint density at radius 1 is 1.21 bits per heavy atom. The van der Waals surface area contributed by atoms with Gasteiger partial charge in [-0.2, -0.15) is 0 Å². The molecule has 8 nitrogen and oxygen atoms in total. The fourth-order valence-electron chi connectivity index (χ4n) is 3.06. The molecule has 3 rings (SSSR count). The molecule has 2 amide bonds. The molecule has 2 aromatic rings. The van der Waals surface area contributed by atoms with Crippen molar-refractivity contribution in [3.63, 3.8) is 0 Å². The lowest BCUT2D eigenvalue weighted by atomic mass is 9.95. The fraction of sp³-hybridized carbons (Fsp3) is 0.368. The summed E-state index contributed by atoms with van der Waals surface area (Å²) < 4.78 is 4.82. The second-order valence-corrected chi connectivity index (χ2v) is 7.50. The molecular weight excluding hydrogens is 382 g/mol. The standard InChI is InChI=1S/C19H21N3O5S/c23-15(10-27-11-16(24)25)22-19-17(13-5-1-2-6-14(13)28-19)18(26)21-9-12-4-3-7-20-8-12/h3-4,7-8H,1-2,5-6,9-11H2,(H,21,26)(H,22,23)(H,24,25). The molecule has 28 heavy (non-hydrogen) atoms. The molecule has 0 spiro atoms.